The monoisotopic (exact) mass is 391 g/mol. The van der Waals surface area contributed by atoms with Crippen molar-refractivity contribution in [1.29, 1.82) is 0 Å². The molecule has 4 fully saturated rings. The van der Waals surface area contributed by atoms with Gasteiger partial charge in [-0.2, -0.15) is 0 Å². The molecule has 4 rings (SSSR count). The van der Waals surface area contributed by atoms with Crippen molar-refractivity contribution >= 4 is 11.8 Å². The molecular weight excluding hydrogens is 354 g/mol. The number of carbonyl (C=O) groups is 2. The molecule has 0 aromatic heterocycles. The smallest absolute Gasteiger partial charge is 0.222 e. The fourth-order valence-corrected chi connectivity index (χ4v) is 5.82. The molecule has 0 aromatic rings. The van der Waals surface area contributed by atoms with Gasteiger partial charge in [-0.05, 0) is 44.4 Å². The maximum Gasteiger partial charge on any atom is 0.222 e. The summed E-state index contributed by atoms with van der Waals surface area (Å²) < 4.78 is 6.32. The lowest BCUT2D eigenvalue weighted by atomic mass is 9.81. The highest BCUT2D eigenvalue weighted by molar-refractivity contribution is 5.76. The molecule has 6 heteroatoms. The van der Waals surface area contributed by atoms with Crippen LogP contribution in [0.4, 0.5) is 0 Å². The van der Waals surface area contributed by atoms with Gasteiger partial charge in [0, 0.05) is 65.3 Å². The molecule has 28 heavy (non-hydrogen) atoms. The van der Waals surface area contributed by atoms with Crippen molar-refractivity contribution in [2.75, 3.05) is 45.9 Å². The summed E-state index contributed by atoms with van der Waals surface area (Å²) in [5.74, 6) is 1.19. The molecule has 0 radical (unpaired) electrons. The summed E-state index contributed by atoms with van der Waals surface area (Å²) in [7, 11) is 0. The molecule has 1 unspecified atom stereocenters. The minimum Gasteiger partial charge on any atom is -0.375 e. The van der Waals surface area contributed by atoms with E-state index in [4.69, 9.17) is 4.74 Å². The van der Waals surface area contributed by atoms with Crippen LogP contribution in [0.25, 0.3) is 0 Å². The second kappa shape index (κ2) is 8.70. The maximum absolute atomic E-state index is 12.7. The molecule has 0 N–H and O–H groups in total. The zero-order chi connectivity index (χ0) is 19.6. The van der Waals surface area contributed by atoms with Crippen molar-refractivity contribution in [3.8, 4) is 0 Å². The molecule has 3 saturated heterocycles. The summed E-state index contributed by atoms with van der Waals surface area (Å²) in [6.45, 7) is 7.87. The number of carbonyl (C=O) groups excluding carboxylic acids is 2. The summed E-state index contributed by atoms with van der Waals surface area (Å²) in [6, 6.07) is 0.559. The van der Waals surface area contributed by atoms with Gasteiger partial charge < -0.3 is 14.5 Å². The molecule has 0 bridgehead atoms. The Balaban J connectivity index is 1.26. The number of rotatable bonds is 3. The normalized spacial score (nSPS) is 29.4. The standard InChI is InChI=1S/C22H37N3O3/c1-18(26)23-11-13-24(14-12-23)20-6-15-28-22(17-20)7-9-25(10-8-22)21(27)16-19-4-2-3-5-19/h19-20H,2-17H2,1H3. The Morgan fingerprint density at radius 3 is 2.25 bits per heavy atom. The first-order valence-corrected chi connectivity index (χ1v) is 11.5. The second-order valence-corrected chi connectivity index (χ2v) is 9.46. The lowest BCUT2D eigenvalue weighted by Crippen LogP contribution is -2.57. The van der Waals surface area contributed by atoms with Gasteiger partial charge in [0.15, 0.2) is 0 Å². The largest absolute Gasteiger partial charge is 0.375 e. The van der Waals surface area contributed by atoms with Gasteiger partial charge in [0.05, 0.1) is 5.60 Å². The van der Waals surface area contributed by atoms with Gasteiger partial charge in [-0.15, -0.1) is 0 Å². The topological polar surface area (TPSA) is 53.1 Å². The third kappa shape index (κ3) is 4.54. The van der Waals surface area contributed by atoms with Gasteiger partial charge >= 0.3 is 0 Å². The number of piperazine rings is 1. The Hall–Kier alpha value is -1.14. The van der Waals surface area contributed by atoms with E-state index in [1.807, 2.05) is 4.90 Å². The van der Waals surface area contributed by atoms with E-state index in [-0.39, 0.29) is 11.5 Å². The molecule has 158 valence electrons. The van der Waals surface area contributed by atoms with Crippen molar-refractivity contribution in [3.05, 3.63) is 0 Å². The number of amides is 2. The minimum atomic E-state index is -0.0369. The minimum absolute atomic E-state index is 0.0369. The van der Waals surface area contributed by atoms with Crippen molar-refractivity contribution in [3.63, 3.8) is 0 Å². The fraction of sp³-hybridized carbons (Fsp3) is 0.909. The van der Waals surface area contributed by atoms with Gasteiger partial charge in [0.1, 0.15) is 0 Å². The Labute approximate surface area is 169 Å². The summed E-state index contributed by atoms with van der Waals surface area (Å²) >= 11 is 0. The zero-order valence-electron chi connectivity index (χ0n) is 17.5. The average molecular weight is 392 g/mol. The number of hydrogen-bond acceptors (Lipinski definition) is 4. The lowest BCUT2D eigenvalue weighted by molar-refractivity contribution is -0.152. The number of nitrogens with zero attached hydrogens (tertiary/aromatic N) is 3. The van der Waals surface area contributed by atoms with Crippen molar-refractivity contribution in [2.45, 2.75) is 76.4 Å². The van der Waals surface area contributed by atoms with Crippen LogP contribution < -0.4 is 0 Å². The number of hydrogen-bond donors (Lipinski definition) is 0. The quantitative estimate of drug-likeness (QED) is 0.741. The summed E-state index contributed by atoms with van der Waals surface area (Å²) in [6.07, 6.45) is 9.98. The molecule has 1 saturated carbocycles. The molecule has 3 aliphatic heterocycles. The zero-order valence-corrected chi connectivity index (χ0v) is 17.5. The van der Waals surface area contributed by atoms with E-state index in [2.05, 4.69) is 9.80 Å². The van der Waals surface area contributed by atoms with E-state index in [1.54, 1.807) is 6.92 Å². The predicted octanol–water partition coefficient (Wildman–Crippen LogP) is 2.27. The molecule has 1 atom stereocenters. The van der Waals surface area contributed by atoms with E-state index in [0.29, 0.717) is 17.9 Å². The van der Waals surface area contributed by atoms with E-state index in [0.717, 1.165) is 78.0 Å². The van der Waals surface area contributed by atoms with Gasteiger partial charge in [0.25, 0.3) is 0 Å². The summed E-state index contributed by atoms with van der Waals surface area (Å²) in [5, 5.41) is 0. The third-order valence-corrected chi connectivity index (χ3v) is 7.71. The van der Waals surface area contributed by atoms with Crippen molar-refractivity contribution in [2.24, 2.45) is 5.92 Å². The van der Waals surface area contributed by atoms with E-state index >= 15 is 0 Å². The lowest BCUT2D eigenvalue weighted by Gasteiger charge is -2.49. The Kier molecular flexibility index (Phi) is 6.26. The average Bonchev–Trinajstić information content (AvgIpc) is 3.22. The van der Waals surface area contributed by atoms with Crippen molar-refractivity contribution in [1.82, 2.24) is 14.7 Å². The SMILES string of the molecule is CC(=O)N1CCN(C2CCOC3(CCN(C(=O)CC4CCCC4)CC3)C2)CC1. The van der Waals surface area contributed by atoms with Crippen LogP contribution in [0, 0.1) is 5.92 Å². The summed E-state index contributed by atoms with van der Waals surface area (Å²) in [4.78, 5) is 30.9. The molecule has 2 amide bonds. The van der Waals surface area contributed by atoms with Gasteiger partial charge in [-0.1, -0.05) is 12.8 Å². The highest BCUT2D eigenvalue weighted by Crippen LogP contribution is 2.37. The Morgan fingerprint density at radius 2 is 1.61 bits per heavy atom. The van der Waals surface area contributed by atoms with E-state index < -0.39 is 0 Å². The molecule has 3 heterocycles. The molecule has 1 spiro atoms. The Bertz CT molecular complexity index is 559. The van der Waals surface area contributed by atoms with E-state index in [9.17, 15) is 9.59 Å². The number of ether oxygens (including phenoxy) is 1. The van der Waals surface area contributed by atoms with Crippen LogP contribution in [0.2, 0.25) is 0 Å². The van der Waals surface area contributed by atoms with Crippen LogP contribution in [0.1, 0.15) is 64.7 Å². The molecule has 0 aromatic carbocycles. The van der Waals surface area contributed by atoms with Crippen molar-refractivity contribution < 1.29 is 14.3 Å². The first-order valence-electron chi connectivity index (χ1n) is 11.5. The molecule has 6 nitrogen and oxygen atoms in total. The van der Waals surface area contributed by atoms with Gasteiger partial charge in [0.2, 0.25) is 11.8 Å². The van der Waals surface area contributed by atoms with E-state index in [1.165, 1.54) is 25.7 Å². The first kappa shape index (κ1) is 20.1. The van der Waals surface area contributed by atoms with Crippen LogP contribution in [0.5, 0.6) is 0 Å². The predicted molar refractivity (Wildman–Crippen MR) is 108 cm³/mol. The van der Waals surface area contributed by atoms with Gasteiger partial charge in [-0.3, -0.25) is 14.5 Å². The number of piperidine rings is 1. The third-order valence-electron chi connectivity index (χ3n) is 7.71. The Morgan fingerprint density at radius 1 is 0.929 bits per heavy atom. The summed E-state index contributed by atoms with van der Waals surface area (Å²) in [5.41, 5.74) is -0.0369. The molecule has 4 aliphatic rings. The van der Waals surface area contributed by atoms with Crippen LogP contribution in [-0.4, -0.2) is 84.0 Å². The van der Waals surface area contributed by atoms with Crippen LogP contribution in [0.15, 0.2) is 0 Å². The first-order chi connectivity index (χ1) is 13.5. The van der Waals surface area contributed by atoms with Crippen LogP contribution in [0.3, 0.4) is 0 Å². The second-order valence-electron chi connectivity index (χ2n) is 9.46. The molecule has 1 aliphatic carbocycles. The molecular formula is C22H37N3O3. The fourth-order valence-electron chi connectivity index (χ4n) is 5.82. The van der Waals surface area contributed by atoms with Crippen LogP contribution >= 0.6 is 0 Å². The highest BCUT2D eigenvalue weighted by atomic mass is 16.5. The maximum atomic E-state index is 12.7. The number of likely N-dealkylation sites (tertiary alicyclic amines) is 1. The highest BCUT2D eigenvalue weighted by Gasteiger charge is 2.43. The van der Waals surface area contributed by atoms with Crippen LogP contribution in [-0.2, 0) is 14.3 Å². The van der Waals surface area contributed by atoms with Gasteiger partial charge in [-0.25, -0.2) is 0 Å².